The average molecular weight is 363 g/mol. The summed E-state index contributed by atoms with van der Waals surface area (Å²) in [5.74, 6) is 0. The highest BCUT2D eigenvalue weighted by Gasteiger charge is 2.08. The van der Waals surface area contributed by atoms with Crippen molar-refractivity contribution in [3.63, 3.8) is 0 Å². The van der Waals surface area contributed by atoms with Crippen molar-refractivity contribution in [2.45, 2.75) is 46.4 Å². The van der Waals surface area contributed by atoms with Crippen molar-refractivity contribution in [3.05, 3.63) is 77.0 Å². The Morgan fingerprint density at radius 2 is 1.81 bits per heavy atom. The van der Waals surface area contributed by atoms with Crippen LogP contribution in [-0.4, -0.2) is 28.2 Å². The minimum absolute atomic E-state index is 0.549. The summed E-state index contributed by atoms with van der Waals surface area (Å²) in [5.41, 5.74) is 7.39. The van der Waals surface area contributed by atoms with E-state index in [0.29, 0.717) is 6.04 Å². The normalized spacial score (nSPS) is 11.5. The van der Waals surface area contributed by atoms with Crippen molar-refractivity contribution in [2.75, 3.05) is 7.05 Å². The molecule has 4 heteroatoms. The standard InChI is InChI=1S/C23H30N4/c1-17(2)27(4)16-20-9-6-8-19(12-20)13-24-14-22-15-25-26-23(22)21-10-5-7-18(3)11-21/h5-12,15,17,24H,13-14,16H2,1-4H3,(H,25,26). The lowest BCUT2D eigenvalue weighted by molar-refractivity contribution is 0.266. The number of hydrogen-bond donors (Lipinski definition) is 2. The Morgan fingerprint density at radius 3 is 2.59 bits per heavy atom. The summed E-state index contributed by atoms with van der Waals surface area (Å²) < 4.78 is 0. The van der Waals surface area contributed by atoms with Crippen molar-refractivity contribution in [1.29, 1.82) is 0 Å². The van der Waals surface area contributed by atoms with E-state index in [9.17, 15) is 0 Å². The minimum Gasteiger partial charge on any atom is -0.308 e. The lowest BCUT2D eigenvalue weighted by Gasteiger charge is -2.21. The molecule has 1 heterocycles. The summed E-state index contributed by atoms with van der Waals surface area (Å²) in [6, 6.07) is 17.9. The van der Waals surface area contributed by atoms with Crippen molar-refractivity contribution in [1.82, 2.24) is 20.4 Å². The topological polar surface area (TPSA) is 44.0 Å². The van der Waals surface area contributed by atoms with Gasteiger partial charge in [-0.15, -0.1) is 0 Å². The fourth-order valence-electron chi connectivity index (χ4n) is 3.15. The number of aromatic nitrogens is 2. The van der Waals surface area contributed by atoms with E-state index in [1.54, 1.807) is 0 Å². The Balaban J connectivity index is 1.60. The van der Waals surface area contributed by atoms with Gasteiger partial charge in [-0.05, 0) is 45.0 Å². The first-order valence-corrected chi connectivity index (χ1v) is 9.61. The zero-order valence-electron chi connectivity index (χ0n) is 16.8. The molecule has 27 heavy (non-hydrogen) atoms. The van der Waals surface area contributed by atoms with Crippen LogP contribution in [0.2, 0.25) is 0 Å². The van der Waals surface area contributed by atoms with E-state index in [0.717, 1.165) is 25.3 Å². The van der Waals surface area contributed by atoms with Crippen LogP contribution in [-0.2, 0) is 19.6 Å². The number of nitrogens with zero attached hydrogens (tertiary/aromatic N) is 2. The highest BCUT2D eigenvalue weighted by Crippen LogP contribution is 2.22. The maximum atomic E-state index is 4.25. The number of H-pyrrole nitrogens is 1. The second-order valence-corrected chi connectivity index (χ2v) is 7.57. The molecule has 2 N–H and O–H groups in total. The van der Waals surface area contributed by atoms with Crippen LogP contribution in [0.1, 0.15) is 36.1 Å². The van der Waals surface area contributed by atoms with Gasteiger partial charge in [0.25, 0.3) is 0 Å². The Bertz CT molecular complexity index is 866. The maximum absolute atomic E-state index is 4.25. The molecule has 0 aliphatic carbocycles. The molecular weight excluding hydrogens is 332 g/mol. The lowest BCUT2D eigenvalue weighted by atomic mass is 10.1. The van der Waals surface area contributed by atoms with E-state index < -0.39 is 0 Å². The molecule has 0 spiro atoms. The summed E-state index contributed by atoms with van der Waals surface area (Å²) in [7, 11) is 2.17. The third kappa shape index (κ3) is 5.28. The maximum Gasteiger partial charge on any atom is 0.0695 e. The van der Waals surface area contributed by atoms with Crippen molar-refractivity contribution >= 4 is 0 Å². The van der Waals surface area contributed by atoms with Crippen molar-refractivity contribution < 1.29 is 0 Å². The molecule has 0 bridgehead atoms. The molecule has 0 aliphatic rings. The highest BCUT2D eigenvalue weighted by atomic mass is 15.1. The van der Waals surface area contributed by atoms with Crippen LogP contribution in [0.4, 0.5) is 0 Å². The van der Waals surface area contributed by atoms with Gasteiger partial charge in [-0.3, -0.25) is 10.00 Å². The second kappa shape index (κ2) is 8.98. The van der Waals surface area contributed by atoms with Gasteiger partial charge in [0.2, 0.25) is 0 Å². The first kappa shape index (κ1) is 19.3. The number of benzene rings is 2. The van der Waals surface area contributed by atoms with Gasteiger partial charge in [0, 0.05) is 36.8 Å². The molecule has 0 unspecified atom stereocenters. The predicted octanol–water partition coefficient (Wildman–Crippen LogP) is 4.52. The summed E-state index contributed by atoms with van der Waals surface area (Å²) in [6.07, 6.45) is 1.92. The first-order valence-electron chi connectivity index (χ1n) is 9.61. The van der Waals surface area contributed by atoms with Crippen molar-refractivity contribution in [3.8, 4) is 11.3 Å². The summed E-state index contributed by atoms with van der Waals surface area (Å²) in [4.78, 5) is 2.35. The molecule has 142 valence electrons. The zero-order valence-corrected chi connectivity index (χ0v) is 16.8. The molecule has 0 aliphatic heterocycles. The van der Waals surface area contributed by atoms with Crippen LogP contribution in [0.3, 0.4) is 0 Å². The Labute approximate surface area is 162 Å². The molecular formula is C23H30N4. The highest BCUT2D eigenvalue weighted by molar-refractivity contribution is 5.63. The summed E-state index contributed by atoms with van der Waals surface area (Å²) in [5, 5.41) is 10.9. The quantitative estimate of drug-likeness (QED) is 0.619. The molecule has 3 rings (SSSR count). The van der Waals surface area contributed by atoms with E-state index >= 15 is 0 Å². The fraction of sp³-hybridized carbons (Fsp3) is 0.348. The molecule has 0 radical (unpaired) electrons. The average Bonchev–Trinajstić information content (AvgIpc) is 3.10. The van der Waals surface area contributed by atoms with Gasteiger partial charge in [-0.25, -0.2) is 0 Å². The minimum atomic E-state index is 0.549. The van der Waals surface area contributed by atoms with E-state index in [1.165, 1.54) is 27.8 Å². The van der Waals surface area contributed by atoms with Gasteiger partial charge in [-0.2, -0.15) is 5.10 Å². The van der Waals surface area contributed by atoms with Gasteiger partial charge < -0.3 is 5.32 Å². The molecule has 0 atom stereocenters. The number of aryl methyl sites for hydroxylation is 1. The van der Waals surface area contributed by atoms with Gasteiger partial charge >= 0.3 is 0 Å². The van der Waals surface area contributed by atoms with Crippen LogP contribution >= 0.6 is 0 Å². The van der Waals surface area contributed by atoms with Gasteiger partial charge in [0.15, 0.2) is 0 Å². The predicted molar refractivity (Wildman–Crippen MR) is 112 cm³/mol. The van der Waals surface area contributed by atoms with Crippen LogP contribution in [0.5, 0.6) is 0 Å². The number of aromatic amines is 1. The van der Waals surface area contributed by atoms with E-state index in [-0.39, 0.29) is 0 Å². The monoisotopic (exact) mass is 362 g/mol. The molecule has 3 aromatic rings. The van der Waals surface area contributed by atoms with E-state index in [2.05, 4.69) is 96.8 Å². The molecule has 1 aromatic heterocycles. The molecule has 0 saturated heterocycles. The summed E-state index contributed by atoms with van der Waals surface area (Å²) in [6.45, 7) is 9.17. The zero-order chi connectivity index (χ0) is 19.2. The van der Waals surface area contributed by atoms with Gasteiger partial charge in [0.05, 0.1) is 11.9 Å². The first-order chi connectivity index (χ1) is 13.0. The second-order valence-electron chi connectivity index (χ2n) is 7.57. The van der Waals surface area contributed by atoms with E-state index in [1.807, 2.05) is 6.20 Å². The largest absolute Gasteiger partial charge is 0.308 e. The number of hydrogen-bond acceptors (Lipinski definition) is 3. The molecule has 0 saturated carbocycles. The van der Waals surface area contributed by atoms with Crippen LogP contribution < -0.4 is 5.32 Å². The van der Waals surface area contributed by atoms with Crippen molar-refractivity contribution in [2.24, 2.45) is 0 Å². The smallest absolute Gasteiger partial charge is 0.0695 e. The SMILES string of the molecule is Cc1cccc(-c2[nH]ncc2CNCc2cccc(CN(C)C(C)C)c2)c1. The van der Waals surface area contributed by atoms with Gasteiger partial charge in [-0.1, -0.05) is 48.0 Å². The van der Waals surface area contributed by atoms with Crippen LogP contribution in [0.15, 0.2) is 54.7 Å². The fourth-order valence-corrected chi connectivity index (χ4v) is 3.15. The Hall–Kier alpha value is -2.43. The lowest BCUT2D eigenvalue weighted by Crippen LogP contribution is -2.25. The molecule has 0 fully saturated rings. The molecule has 2 aromatic carbocycles. The Morgan fingerprint density at radius 1 is 1.04 bits per heavy atom. The number of nitrogens with one attached hydrogen (secondary N) is 2. The number of rotatable bonds is 8. The third-order valence-electron chi connectivity index (χ3n) is 4.97. The third-order valence-corrected chi connectivity index (χ3v) is 4.97. The van der Waals surface area contributed by atoms with E-state index in [4.69, 9.17) is 0 Å². The molecule has 0 amide bonds. The summed E-state index contributed by atoms with van der Waals surface area (Å²) >= 11 is 0. The molecule has 4 nitrogen and oxygen atoms in total. The van der Waals surface area contributed by atoms with Crippen LogP contribution in [0, 0.1) is 6.92 Å². The Kier molecular flexibility index (Phi) is 6.43. The van der Waals surface area contributed by atoms with Gasteiger partial charge in [0.1, 0.15) is 0 Å². The van der Waals surface area contributed by atoms with Crippen LogP contribution in [0.25, 0.3) is 11.3 Å².